The van der Waals surface area contributed by atoms with Gasteiger partial charge in [-0.3, -0.25) is 28.5 Å². The zero-order valence-electron chi connectivity index (χ0n) is 51.6. The largest absolute Gasteiger partial charge is 0.477 e. The number of esters is 4. The number of aryl methyl sites for hydroxylation is 2. The topological polar surface area (TPSA) is 233 Å². The number of carboxylic acid groups (broad SMARTS) is 1. The van der Waals surface area contributed by atoms with Crippen molar-refractivity contribution >= 4 is 108 Å². The summed E-state index contributed by atoms with van der Waals surface area (Å²) in [4.78, 5) is 100. The molecule has 23 heteroatoms. The van der Waals surface area contributed by atoms with Crippen LogP contribution in [0.25, 0.3) is 65.9 Å². The van der Waals surface area contributed by atoms with Crippen LogP contribution < -0.4 is 11.1 Å². The molecule has 0 atom stereocenters. The molecule has 0 unspecified atom stereocenters. The monoisotopic (exact) mass is 1300 g/mol. The van der Waals surface area contributed by atoms with Crippen molar-refractivity contribution in [2.24, 2.45) is 16.2 Å². The van der Waals surface area contributed by atoms with Crippen molar-refractivity contribution in [1.29, 1.82) is 0 Å². The number of H-pyrrole nitrogens is 1. The van der Waals surface area contributed by atoms with Crippen LogP contribution in [0.4, 0.5) is 8.78 Å². The highest BCUT2D eigenvalue weighted by molar-refractivity contribution is 6.31. The summed E-state index contributed by atoms with van der Waals surface area (Å²) in [7, 11) is 0. The molecule has 91 heavy (non-hydrogen) atoms. The predicted molar refractivity (Wildman–Crippen MR) is 345 cm³/mol. The molecule has 474 valence electrons. The number of hydrogen-bond donors (Lipinski definition) is 2. The molecular weight excluding hydrogens is 1240 g/mol. The van der Waals surface area contributed by atoms with E-state index in [1.165, 1.54) is 44.3 Å². The zero-order chi connectivity index (χ0) is 66.6. The van der Waals surface area contributed by atoms with E-state index in [0.29, 0.717) is 44.0 Å². The lowest BCUT2D eigenvalue weighted by molar-refractivity contribution is -0.161. The normalized spacial score (nSPS) is 11.6. The van der Waals surface area contributed by atoms with Gasteiger partial charge in [-0.1, -0.05) is 71.2 Å². The number of fused-ring (bicyclic) bond motifs is 4. The van der Waals surface area contributed by atoms with Crippen LogP contribution >= 0.6 is 34.8 Å². The second-order valence-corrected chi connectivity index (χ2v) is 25.3. The lowest BCUT2D eigenvalue weighted by Crippen LogP contribution is -2.28. The molecule has 0 saturated heterocycles. The van der Waals surface area contributed by atoms with Crippen molar-refractivity contribution < 1.29 is 56.8 Å². The van der Waals surface area contributed by atoms with Crippen molar-refractivity contribution in [2.45, 2.75) is 96.0 Å². The molecule has 0 saturated carbocycles. The summed E-state index contributed by atoms with van der Waals surface area (Å²) in [5.74, 6) is -4.57. The van der Waals surface area contributed by atoms with Crippen LogP contribution in [0, 0.1) is 41.7 Å². The molecule has 6 heterocycles. The maximum Gasteiger partial charge on any atom is 0.358 e. The summed E-state index contributed by atoms with van der Waals surface area (Å²) in [5, 5.41) is 13.0. The molecule has 2 N–H and O–H groups in total. The Hall–Kier alpha value is -9.24. The Morgan fingerprint density at radius 2 is 1.04 bits per heavy atom. The number of aromatic nitrogens is 6. The number of rotatable bonds is 13. The van der Waals surface area contributed by atoms with Gasteiger partial charge >= 0.3 is 29.8 Å². The van der Waals surface area contributed by atoms with Crippen molar-refractivity contribution in [3.8, 4) is 22.3 Å². The van der Waals surface area contributed by atoms with E-state index in [2.05, 4.69) is 19.7 Å². The molecule has 0 aliphatic heterocycles. The van der Waals surface area contributed by atoms with Crippen molar-refractivity contribution in [3.05, 3.63) is 198 Å². The van der Waals surface area contributed by atoms with Gasteiger partial charge in [0.2, 0.25) is 6.79 Å². The molecule has 4 aromatic carbocycles. The van der Waals surface area contributed by atoms with Gasteiger partial charge in [-0.05, 0) is 160 Å². The lowest BCUT2D eigenvalue weighted by atomic mass is 9.97. The van der Waals surface area contributed by atoms with Crippen LogP contribution in [0.5, 0.6) is 0 Å². The molecule has 0 aliphatic carbocycles. The van der Waals surface area contributed by atoms with E-state index in [9.17, 15) is 43.1 Å². The summed E-state index contributed by atoms with van der Waals surface area (Å²) in [6.07, 6.45) is 2.92. The summed E-state index contributed by atoms with van der Waals surface area (Å²) < 4.78 is 54.7. The number of carbonyl (C=O) groups is 5. The summed E-state index contributed by atoms with van der Waals surface area (Å²) in [5.41, 5.74) is 0.958. The van der Waals surface area contributed by atoms with Crippen LogP contribution in [-0.2, 0) is 53.2 Å². The number of nitrogens with one attached hydrogen (secondary N) is 1. The van der Waals surface area contributed by atoms with Gasteiger partial charge in [0.05, 0.1) is 57.0 Å². The maximum atomic E-state index is 15.3. The number of nitrogens with zero attached hydrogens (tertiary/aromatic N) is 5. The van der Waals surface area contributed by atoms with Gasteiger partial charge in [0.1, 0.15) is 33.3 Å². The molecule has 10 aromatic rings. The molecule has 0 fully saturated rings. The third-order valence-electron chi connectivity index (χ3n) is 14.4. The smallest absolute Gasteiger partial charge is 0.358 e. The first-order chi connectivity index (χ1) is 42.8. The molecule has 0 radical (unpaired) electrons. The van der Waals surface area contributed by atoms with E-state index in [4.69, 9.17) is 49.0 Å². The number of aromatic amines is 1. The highest BCUT2D eigenvalue weighted by Gasteiger charge is 2.32. The van der Waals surface area contributed by atoms with Crippen molar-refractivity contribution in [2.75, 3.05) is 12.9 Å². The van der Waals surface area contributed by atoms with Crippen LogP contribution in [0.1, 0.15) is 106 Å². The average molecular weight is 1300 g/mol. The fraction of sp³-hybridized carbons (Fsp3) is 0.279. The van der Waals surface area contributed by atoms with Gasteiger partial charge in [0.15, 0.2) is 12.8 Å². The average Bonchev–Trinajstić information content (AvgIpc) is 1.60. The molecule has 0 aliphatic rings. The first kappa shape index (κ1) is 67.7. The second-order valence-electron chi connectivity index (χ2n) is 24.4. The number of ether oxygens (including phenoxy) is 4. The van der Waals surface area contributed by atoms with E-state index < -0.39 is 69.7 Å². The number of aromatic carboxylic acids is 1. The summed E-state index contributed by atoms with van der Waals surface area (Å²) in [6, 6.07) is 30.3. The zero-order valence-corrected chi connectivity index (χ0v) is 53.9. The minimum atomic E-state index is -1.24. The Kier molecular flexibility index (Phi) is 20.4. The SMILES string of the molecule is CC(C)(C)C(=O)OCCl.Cc1cc2c(-c3ccc[nH]c3=O)c(C(=O)O)n(Cc3cc4ccccc4nc3Cl)c2cc1F.Cc1cc2c(-c3cccn(COC(=O)C(C)(C)C)c3=O)c(C(=O)OCOC(=O)C(C)(C)C)n(Cc3cc4ccccc4nc3Cl)c2cc1F. The van der Waals surface area contributed by atoms with Gasteiger partial charge in [-0.15, -0.1) is 0 Å². The molecule has 10 rings (SSSR count). The Labute approximate surface area is 536 Å². The number of carbonyl (C=O) groups excluding carboxylic acids is 4. The van der Waals surface area contributed by atoms with Crippen LogP contribution in [0.2, 0.25) is 10.3 Å². The van der Waals surface area contributed by atoms with Gasteiger partial charge in [-0.2, -0.15) is 0 Å². The van der Waals surface area contributed by atoms with Crippen molar-refractivity contribution in [3.63, 3.8) is 0 Å². The minimum Gasteiger partial charge on any atom is -0.477 e. The van der Waals surface area contributed by atoms with Gasteiger partial charge in [-0.25, -0.2) is 28.3 Å². The number of halogens is 5. The molecule has 0 bridgehead atoms. The van der Waals surface area contributed by atoms with E-state index in [1.54, 1.807) is 106 Å². The molecule has 0 spiro atoms. The Morgan fingerprint density at radius 3 is 1.52 bits per heavy atom. The number of benzene rings is 4. The number of pyridine rings is 4. The second kappa shape index (κ2) is 27.5. The summed E-state index contributed by atoms with van der Waals surface area (Å²) >= 11 is 18.2. The minimum absolute atomic E-state index is 0.0298. The Balaban J connectivity index is 0.000000217. The maximum absolute atomic E-state index is 15.3. The third-order valence-corrected chi connectivity index (χ3v) is 15.1. The van der Waals surface area contributed by atoms with Gasteiger partial charge in [0.25, 0.3) is 11.1 Å². The molecule has 6 aromatic heterocycles. The first-order valence-corrected chi connectivity index (χ1v) is 29.7. The number of alkyl halides is 1. The van der Waals surface area contributed by atoms with E-state index in [0.717, 1.165) is 10.8 Å². The fourth-order valence-corrected chi connectivity index (χ4v) is 10.1. The van der Waals surface area contributed by atoms with Crippen LogP contribution in [0.3, 0.4) is 0 Å². The number of carboxylic acids is 1. The van der Waals surface area contributed by atoms with Gasteiger partial charge in [0, 0.05) is 61.8 Å². The first-order valence-electron chi connectivity index (χ1n) is 28.4. The van der Waals surface area contributed by atoms with Crippen molar-refractivity contribution in [1.82, 2.24) is 28.7 Å². The highest BCUT2D eigenvalue weighted by Crippen LogP contribution is 2.39. The summed E-state index contributed by atoms with van der Waals surface area (Å²) in [6.45, 7) is 17.4. The fourth-order valence-electron chi connectivity index (χ4n) is 9.58. The highest BCUT2D eigenvalue weighted by atomic mass is 35.5. The predicted octanol–water partition coefficient (Wildman–Crippen LogP) is 14.6. The molecule has 18 nitrogen and oxygen atoms in total. The number of para-hydroxylation sites is 2. The van der Waals surface area contributed by atoms with Gasteiger partial charge < -0.3 is 38.2 Å². The Morgan fingerprint density at radius 1 is 0.582 bits per heavy atom. The van der Waals surface area contributed by atoms with E-state index in [1.807, 2.05) is 60.7 Å². The lowest BCUT2D eigenvalue weighted by Gasteiger charge is -2.18. The number of hydrogen-bond acceptors (Lipinski definition) is 13. The van der Waals surface area contributed by atoms with E-state index >= 15 is 4.39 Å². The van der Waals surface area contributed by atoms with E-state index in [-0.39, 0.29) is 86.9 Å². The van der Waals surface area contributed by atoms with Crippen LogP contribution in [0.15, 0.2) is 131 Å². The standard InChI is InChI=1S/C37H37ClFN3O7.C25H17ClFN3O3.C6H11ClO2/c1-21-15-25-28(17-26(21)39)42(18-23-16-22-11-8-9-13-27(22)40-31(23)38)30(33(44)48-20-49-35(46)37(5,6)7)29(25)24-12-10-14-41(32(24)43)19-47-34(45)36(2,3)4;1-13-9-17-20(11-18(13)27)30(12-15-10-14-5-2-3-7-19(14)29-23(15)26)22(25(32)33)21(17)16-6-4-8-28-24(16)31;1-6(2,3)5(8)9-4-7/h8-17H,18-20H2,1-7H3;2-11H,12H2,1H3,(H,28,31)(H,32,33);4H2,1-3H3. The third kappa shape index (κ3) is 15.2. The quantitative estimate of drug-likeness (QED) is 0.0359. The molecule has 0 amide bonds. The Bertz CT molecular complexity index is 4630. The van der Waals surface area contributed by atoms with Crippen LogP contribution in [-0.4, -0.2) is 76.5 Å². The molecular formula is C68H65Cl3F2N6O12.